The van der Waals surface area contributed by atoms with Crippen molar-refractivity contribution in [2.24, 2.45) is 0 Å². The molecule has 0 radical (unpaired) electrons. The Morgan fingerprint density at radius 2 is 0.844 bits per heavy atom. The van der Waals surface area contributed by atoms with Crippen LogP contribution in [0.15, 0.2) is 130 Å². The Morgan fingerprint density at radius 3 is 1.23 bits per heavy atom. The van der Waals surface area contributed by atoms with E-state index in [-0.39, 0.29) is 49.9 Å². The lowest BCUT2D eigenvalue weighted by molar-refractivity contribution is 0.151. The fourth-order valence-electron chi connectivity index (χ4n) is 11.0. The van der Waals surface area contributed by atoms with E-state index in [0.29, 0.717) is 151 Å². The molecule has 0 fully saturated rings. The summed E-state index contributed by atoms with van der Waals surface area (Å²) in [4.78, 5) is 73.4. The van der Waals surface area contributed by atoms with Crippen LogP contribution in [0.5, 0.6) is 23.5 Å². The van der Waals surface area contributed by atoms with E-state index in [1.165, 1.54) is 14.2 Å². The van der Waals surface area contributed by atoms with Crippen LogP contribution in [0.2, 0.25) is 0 Å². The number of methoxy groups -OCH3 is 6. The molecule has 40 nitrogen and oxygen atoms in total. The summed E-state index contributed by atoms with van der Waals surface area (Å²) < 4.78 is 54.5. The van der Waals surface area contributed by atoms with Gasteiger partial charge in [0.2, 0.25) is 59.1 Å². The van der Waals surface area contributed by atoms with Gasteiger partial charge in [-0.15, -0.1) is 0 Å². The van der Waals surface area contributed by atoms with Crippen molar-refractivity contribution in [2.45, 2.75) is 79.2 Å². The molecule has 0 saturated carbocycles. The molecule has 109 heavy (non-hydrogen) atoms. The molecule has 0 aliphatic heterocycles. The van der Waals surface area contributed by atoms with Crippen LogP contribution in [0.3, 0.4) is 0 Å². The number of oxazole rings is 1. The number of nitrogens with zero attached hydrogens (tertiary/aromatic N) is 23. The minimum Gasteiger partial charge on any atom is -0.481 e. The lowest BCUT2D eigenvalue weighted by Gasteiger charge is -2.16. The lowest BCUT2D eigenvalue weighted by atomic mass is 10.3. The van der Waals surface area contributed by atoms with Crippen molar-refractivity contribution >= 4 is 105 Å². The number of hydrogen-bond acceptors (Lipinski definition) is 36. The molecule has 0 aromatic carbocycles. The van der Waals surface area contributed by atoms with Gasteiger partial charge in [-0.1, -0.05) is 22.4 Å². The zero-order valence-electron chi connectivity index (χ0n) is 60.7. The third-order valence-corrected chi connectivity index (χ3v) is 15.6. The molecule has 0 aliphatic carbocycles. The average Bonchev–Trinajstić information content (AvgIpc) is 1.58. The number of nitrogen functional groups attached to an aromatic ring is 4. The highest BCUT2D eigenvalue weighted by atomic mass is 32.1. The van der Waals surface area contributed by atoms with Crippen molar-refractivity contribution in [3.8, 4) is 23.5 Å². The van der Waals surface area contributed by atoms with Crippen molar-refractivity contribution in [1.82, 2.24) is 113 Å². The molecule has 15 aromatic rings. The van der Waals surface area contributed by atoms with Crippen LogP contribution in [0, 0.1) is 13.8 Å². The van der Waals surface area contributed by atoms with Crippen molar-refractivity contribution < 1.29 is 41.9 Å². The van der Waals surface area contributed by atoms with E-state index in [9.17, 15) is 0 Å². The SMILES string of the molecule is COC[C@H](C)Nc1nc(N)nc2ccn(Cc3ccccn3)c12.COCc1nc(CNc2nc(N)nc3ccn(Cc4ccccn4)c23)no1.COc1cc(OC)nc(Cn2ccc3nc(N)nc(NCc4ncc(C)o4)c32)n1.COc1cc(OC)nc(Cn2ccc3nc(N)nc(NCc4noc(C)n4)c32)n1.S. The first-order valence-electron chi connectivity index (χ1n) is 33.2. The molecule has 15 rings (SSSR count). The molecule has 15 heterocycles. The normalized spacial score (nSPS) is 11.2. The first kappa shape index (κ1) is 76.4. The fraction of sp³-hybridized carbons (Fsp3) is 0.279. The van der Waals surface area contributed by atoms with E-state index >= 15 is 0 Å². The maximum Gasteiger partial charge on any atom is 0.252 e. The van der Waals surface area contributed by atoms with Gasteiger partial charge in [0.25, 0.3) is 5.89 Å². The first-order valence-corrected chi connectivity index (χ1v) is 33.2. The predicted molar refractivity (Wildman–Crippen MR) is 406 cm³/mol. The molecular weight excluding hydrogens is 1430 g/mol. The summed E-state index contributed by atoms with van der Waals surface area (Å²) in [6, 6.07) is 22.5. The van der Waals surface area contributed by atoms with Crippen molar-refractivity contribution in [3.05, 3.63) is 174 Å². The zero-order chi connectivity index (χ0) is 75.6. The van der Waals surface area contributed by atoms with E-state index in [4.69, 9.17) is 64.8 Å². The van der Waals surface area contributed by atoms with Gasteiger partial charge in [0.1, 0.15) is 34.4 Å². The molecule has 41 heteroatoms. The molecule has 0 aliphatic rings. The number of ether oxygens (including phenoxy) is 6. The molecular formula is C68H79N31O9S. The van der Waals surface area contributed by atoms with Crippen molar-refractivity contribution in [3.63, 3.8) is 0 Å². The Kier molecular flexibility index (Phi) is 25.1. The number of aryl methyl sites for hydroxylation is 2. The summed E-state index contributed by atoms with van der Waals surface area (Å²) in [5.41, 5.74) is 31.5. The van der Waals surface area contributed by atoms with E-state index < -0.39 is 0 Å². The topological polar surface area (TPSA) is 512 Å². The summed E-state index contributed by atoms with van der Waals surface area (Å²) in [5, 5.41) is 20.7. The minimum atomic E-state index is 0. The Labute approximate surface area is 627 Å². The van der Waals surface area contributed by atoms with E-state index in [1.54, 1.807) is 66.1 Å². The monoisotopic (exact) mass is 1510 g/mol. The molecule has 0 amide bonds. The first-order chi connectivity index (χ1) is 52.5. The Bertz CT molecular complexity index is 5250. The Hall–Kier alpha value is -13.7. The quantitative estimate of drug-likeness (QED) is 0.0270. The van der Waals surface area contributed by atoms with Crippen LogP contribution in [0.25, 0.3) is 44.1 Å². The molecule has 12 N–H and O–H groups in total. The van der Waals surface area contributed by atoms with Gasteiger partial charge < -0.3 is 104 Å². The lowest BCUT2D eigenvalue weighted by Crippen LogP contribution is -2.22. The van der Waals surface area contributed by atoms with Gasteiger partial charge in [-0.3, -0.25) is 9.97 Å². The largest absolute Gasteiger partial charge is 0.481 e. The highest BCUT2D eigenvalue weighted by molar-refractivity contribution is 7.59. The van der Waals surface area contributed by atoms with Crippen molar-refractivity contribution in [2.75, 3.05) is 93.5 Å². The van der Waals surface area contributed by atoms with Gasteiger partial charge in [0.05, 0.1) is 133 Å². The molecule has 0 bridgehead atoms. The second kappa shape index (κ2) is 35.9. The number of rotatable bonds is 27. The molecule has 1 atom stereocenters. The standard InChI is InChI=1S/C18H20N8O3.C17H19N9O3.C17H18N8O2.C16H20N6O.H2S/c1-10-7-20-15(29-10)8-21-17-16-11(22-18(19)25-17)4-5-26(16)9-12-23-13(27-2)6-14(24-12)28-3;1-9-20-11(25-29-9)7-19-16-15-10(21-17(18)24-16)4-5-26(15)8-12-22-13(27-2)6-14(23-12)28-3;1-26-10-14-22-13(24-27-14)8-20-16-15-12(21-17(18)23-16)5-7-25(15)9-11-4-2-3-6-19-11;1-11(10-23-2)19-15-14-13(20-16(17)21-15)6-8-22(14)9-12-5-3-4-7-18-12;/h4-7H,8-9H2,1-3H3,(H3,19,21,22,25);4-6H,7-8H2,1-3H3,(H3,18,19,21,24);2-7H,8-10H2,1H3,(H3,18,20,21,23);3-8,11H,9-10H2,1-2H3,(H3,17,19,20,21);1H2/t;;;11-;/m...0./s1. The fourth-order valence-corrected chi connectivity index (χ4v) is 11.0. The highest BCUT2D eigenvalue weighted by Gasteiger charge is 2.20. The van der Waals surface area contributed by atoms with Crippen molar-refractivity contribution in [1.29, 1.82) is 0 Å². The summed E-state index contributed by atoms with van der Waals surface area (Å²) >= 11 is 0. The number of fused-ring (bicyclic) bond motifs is 4. The van der Waals surface area contributed by atoms with Gasteiger partial charge in [0.15, 0.2) is 46.6 Å². The second-order valence-electron chi connectivity index (χ2n) is 23.5. The van der Waals surface area contributed by atoms with Crippen LogP contribution < -0.4 is 63.1 Å². The predicted octanol–water partition coefficient (Wildman–Crippen LogP) is 6.56. The summed E-state index contributed by atoms with van der Waals surface area (Å²) in [6.07, 6.45) is 12.9. The van der Waals surface area contributed by atoms with Crippen LogP contribution in [0.1, 0.15) is 65.0 Å². The number of hydrogen-bond donors (Lipinski definition) is 8. The maximum absolute atomic E-state index is 5.87. The number of pyridine rings is 2. The number of aromatic nitrogens is 23. The molecule has 0 unspecified atom stereocenters. The summed E-state index contributed by atoms with van der Waals surface area (Å²) in [5.74, 6) is 9.04. The van der Waals surface area contributed by atoms with Crippen LogP contribution in [0.4, 0.5) is 47.1 Å². The van der Waals surface area contributed by atoms with Gasteiger partial charge in [-0.25, -0.2) is 24.9 Å². The Morgan fingerprint density at radius 1 is 0.431 bits per heavy atom. The number of nitrogens with one attached hydrogen (secondary N) is 4. The van der Waals surface area contributed by atoms with E-state index in [1.807, 2.05) is 113 Å². The van der Waals surface area contributed by atoms with E-state index in [0.717, 1.165) is 50.2 Å². The highest BCUT2D eigenvalue weighted by Crippen LogP contribution is 2.30. The maximum atomic E-state index is 5.87. The molecule has 15 aromatic heterocycles. The van der Waals surface area contributed by atoms with Crippen LogP contribution >= 0.6 is 13.5 Å². The summed E-state index contributed by atoms with van der Waals surface area (Å²) in [7, 11) is 9.40. The van der Waals surface area contributed by atoms with Crippen LogP contribution in [-0.4, -0.2) is 169 Å². The third-order valence-electron chi connectivity index (χ3n) is 15.6. The van der Waals surface area contributed by atoms with Gasteiger partial charge >= 0.3 is 0 Å². The third kappa shape index (κ3) is 19.6. The molecule has 0 spiro atoms. The second-order valence-corrected chi connectivity index (χ2v) is 23.5. The number of anilines is 8. The average molecular weight is 1510 g/mol. The van der Waals surface area contributed by atoms with Gasteiger partial charge in [0, 0.05) is 64.4 Å². The van der Waals surface area contributed by atoms with Crippen LogP contribution in [-0.2, 0) is 61.9 Å². The zero-order valence-corrected chi connectivity index (χ0v) is 61.7. The van der Waals surface area contributed by atoms with Gasteiger partial charge in [-0.2, -0.15) is 63.3 Å². The Balaban J connectivity index is 0.000000144. The van der Waals surface area contributed by atoms with E-state index in [2.05, 4.69) is 121 Å². The molecule has 566 valence electrons. The molecule has 0 saturated heterocycles. The number of nitrogens with two attached hydrogens (primary N) is 4. The van der Waals surface area contributed by atoms with Gasteiger partial charge in [-0.05, 0) is 62.4 Å². The minimum absolute atomic E-state index is 0. The smallest absolute Gasteiger partial charge is 0.252 e. The summed E-state index contributed by atoms with van der Waals surface area (Å²) in [6.45, 7) is 9.38.